The van der Waals surface area contributed by atoms with E-state index in [9.17, 15) is 0 Å². The molecule has 0 N–H and O–H groups in total. The van der Waals surface area contributed by atoms with Gasteiger partial charge in [-0.1, -0.05) is 57.9 Å². The van der Waals surface area contributed by atoms with Crippen molar-refractivity contribution in [2.45, 2.75) is 60.8 Å². The molecule has 0 spiro atoms. The zero-order valence-electron chi connectivity index (χ0n) is 11.9. The van der Waals surface area contributed by atoms with Crippen LogP contribution in [0, 0.1) is 19.8 Å². The fourth-order valence-electron chi connectivity index (χ4n) is 1.73. The highest BCUT2D eigenvalue weighted by atomic mass is 14.1. The van der Waals surface area contributed by atoms with Crippen molar-refractivity contribution in [3.8, 4) is 0 Å². The Morgan fingerprint density at radius 1 is 1.12 bits per heavy atom. The zero-order chi connectivity index (χ0) is 12.6. The maximum absolute atomic E-state index is 2.34. The van der Waals surface area contributed by atoms with Crippen LogP contribution in [-0.2, 0) is 6.42 Å². The minimum absolute atomic E-state index is 0.857. The van der Waals surface area contributed by atoms with Gasteiger partial charge >= 0.3 is 0 Å². The average Bonchev–Trinajstić information content (AvgIpc) is 2.30. The molecule has 0 saturated heterocycles. The summed E-state index contributed by atoms with van der Waals surface area (Å²) in [6.45, 7) is 13.0. The molecule has 0 aromatic heterocycles. The minimum atomic E-state index is 0.857. The van der Waals surface area contributed by atoms with E-state index in [0.717, 1.165) is 5.92 Å². The first kappa shape index (κ1) is 15.2. The molecule has 0 radical (unpaired) electrons. The number of rotatable bonds is 4. The molecular weight excluding hydrogens is 192 g/mol. The van der Waals surface area contributed by atoms with Crippen molar-refractivity contribution in [3.63, 3.8) is 0 Å². The van der Waals surface area contributed by atoms with Crippen LogP contribution in [0.3, 0.4) is 0 Å². The molecule has 0 aliphatic carbocycles. The van der Waals surface area contributed by atoms with Crippen molar-refractivity contribution in [3.05, 3.63) is 34.9 Å². The summed E-state index contributed by atoms with van der Waals surface area (Å²) >= 11 is 0. The zero-order valence-corrected chi connectivity index (χ0v) is 11.9. The van der Waals surface area contributed by atoms with E-state index in [-0.39, 0.29) is 0 Å². The van der Waals surface area contributed by atoms with Gasteiger partial charge in [0, 0.05) is 0 Å². The van der Waals surface area contributed by atoms with Crippen molar-refractivity contribution < 1.29 is 0 Å². The Balaban J connectivity index is 0.00000106. The van der Waals surface area contributed by atoms with Gasteiger partial charge in [0.1, 0.15) is 0 Å². The van der Waals surface area contributed by atoms with Gasteiger partial charge < -0.3 is 0 Å². The molecule has 0 fully saturated rings. The van der Waals surface area contributed by atoms with Gasteiger partial charge in [-0.25, -0.2) is 0 Å². The third kappa shape index (κ3) is 5.34. The van der Waals surface area contributed by atoms with Crippen LogP contribution in [0.4, 0.5) is 0 Å². The van der Waals surface area contributed by atoms with Gasteiger partial charge in [0.25, 0.3) is 0 Å². The van der Waals surface area contributed by atoms with E-state index < -0.39 is 0 Å². The molecule has 1 unspecified atom stereocenters. The lowest BCUT2D eigenvalue weighted by Crippen LogP contribution is -1.97. The fourth-order valence-corrected chi connectivity index (χ4v) is 1.73. The highest BCUT2D eigenvalue weighted by Crippen LogP contribution is 2.16. The molecule has 1 aromatic rings. The Morgan fingerprint density at radius 3 is 2.25 bits per heavy atom. The molecule has 0 aliphatic heterocycles. The second-order valence-electron chi connectivity index (χ2n) is 4.48. The van der Waals surface area contributed by atoms with Gasteiger partial charge in [0.15, 0.2) is 0 Å². The third-order valence-corrected chi connectivity index (χ3v) is 3.10. The lowest BCUT2D eigenvalue weighted by molar-refractivity contribution is 0.516. The first-order valence-electron chi connectivity index (χ1n) is 6.69. The number of hydrogen-bond donors (Lipinski definition) is 0. The Labute approximate surface area is 102 Å². The predicted octanol–water partition coefficient (Wildman–Crippen LogP) is 5.31. The smallest absolute Gasteiger partial charge is 0.0274 e. The molecule has 1 atom stereocenters. The standard InChI is InChI=1S/C14H22.C2H6/c1-5-11(2)6-8-14-9-7-12(3)10-13(14)4;1-2/h7,9-11H,5-6,8H2,1-4H3;1-2H3. The quantitative estimate of drug-likeness (QED) is 0.645. The van der Waals surface area contributed by atoms with Gasteiger partial charge in [0.2, 0.25) is 0 Å². The maximum atomic E-state index is 2.34. The van der Waals surface area contributed by atoms with Crippen LogP contribution >= 0.6 is 0 Å². The number of aryl methyl sites for hydroxylation is 3. The normalized spacial score (nSPS) is 11.6. The largest absolute Gasteiger partial charge is 0.0683 e. The molecule has 0 nitrogen and oxygen atoms in total. The van der Waals surface area contributed by atoms with Crippen LogP contribution in [0.1, 0.15) is 57.2 Å². The van der Waals surface area contributed by atoms with E-state index in [4.69, 9.17) is 0 Å². The summed E-state index contributed by atoms with van der Waals surface area (Å²) < 4.78 is 0. The van der Waals surface area contributed by atoms with Crippen molar-refractivity contribution in [1.82, 2.24) is 0 Å². The molecule has 0 heteroatoms. The van der Waals surface area contributed by atoms with Gasteiger partial charge in [0.05, 0.1) is 0 Å². The number of hydrogen-bond acceptors (Lipinski definition) is 0. The van der Waals surface area contributed by atoms with Gasteiger partial charge in [-0.05, 0) is 43.7 Å². The molecule has 1 aromatic carbocycles. The Morgan fingerprint density at radius 2 is 1.75 bits per heavy atom. The molecule has 0 amide bonds. The van der Waals surface area contributed by atoms with Gasteiger partial charge in [-0.3, -0.25) is 0 Å². The highest BCUT2D eigenvalue weighted by Gasteiger charge is 2.02. The average molecular weight is 220 g/mol. The van der Waals surface area contributed by atoms with Crippen LogP contribution in [-0.4, -0.2) is 0 Å². The minimum Gasteiger partial charge on any atom is -0.0683 e. The molecule has 1 rings (SSSR count). The fraction of sp³-hybridized carbons (Fsp3) is 0.625. The highest BCUT2D eigenvalue weighted by molar-refractivity contribution is 5.30. The van der Waals surface area contributed by atoms with Crippen LogP contribution in [0.15, 0.2) is 18.2 Å². The first-order chi connectivity index (χ1) is 7.63. The summed E-state index contributed by atoms with van der Waals surface area (Å²) in [7, 11) is 0. The topological polar surface area (TPSA) is 0 Å². The van der Waals surface area contributed by atoms with Gasteiger partial charge in [-0.2, -0.15) is 0 Å². The van der Waals surface area contributed by atoms with Crippen molar-refractivity contribution >= 4 is 0 Å². The van der Waals surface area contributed by atoms with E-state index >= 15 is 0 Å². The lowest BCUT2D eigenvalue weighted by Gasteiger charge is -2.10. The SMILES string of the molecule is CC.CCC(C)CCc1ccc(C)cc1C. The molecule has 92 valence electrons. The number of benzene rings is 1. The van der Waals surface area contributed by atoms with Crippen molar-refractivity contribution in [1.29, 1.82) is 0 Å². The summed E-state index contributed by atoms with van der Waals surface area (Å²) in [5, 5.41) is 0. The third-order valence-electron chi connectivity index (χ3n) is 3.10. The molecule has 0 heterocycles. The molecular formula is C16H28. The second-order valence-corrected chi connectivity index (χ2v) is 4.48. The summed E-state index contributed by atoms with van der Waals surface area (Å²) in [5.74, 6) is 0.857. The van der Waals surface area contributed by atoms with E-state index in [1.54, 1.807) is 0 Å². The van der Waals surface area contributed by atoms with E-state index in [1.807, 2.05) is 13.8 Å². The molecule has 0 saturated carbocycles. The first-order valence-corrected chi connectivity index (χ1v) is 6.69. The maximum Gasteiger partial charge on any atom is -0.0274 e. The molecule has 0 aliphatic rings. The molecule has 16 heavy (non-hydrogen) atoms. The monoisotopic (exact) mass is 220 g/mol. The van der Waals surface area contributed by atoms with Crippen LogP contribution in [0.2, 0.25) is 0 Å². The lowest BCUT2D eigenvalue weighted by atomic mass is 9.96. The van der Waals surface area contributed by atoms with Gasteiger partial charge in [-0.15, -0.1) is 0 Å². The van der Waals surface area contributed by atoms with E-state index in [2.05, 4.69) is 45.9 Å². The van der Waals surface area contributed by atoms with Crippen LogP contribution < -0.4 is 0 Å². The summed E-state index contributed by atoms with van der Waals surface area (Å²) in [5.41, 5.74) is 4.35. The Hall–Kier alpha value is -0.780. The van der Waals surface area contributed by atoms with Crippen LogP contribution in [0.25, 0.3) is 0 Å². The summed E-state index contributed by atoms with van der Waals surface area (Å²) in [4.78, 5) is 0. The predicted molar refractivity (Wildman–Crippen MR) is 75.0 cm³/mol. The Bertz CT molecular complexity index is 286. The van der Waals surface area contributed by atoms with Crippen molar-refractivity contribution in [2.75, 3.05) is 0 Å². The molecule has 0 bridgehead atoms. The Kier molecular flexibility index (Phi) is 7.97. The second kappa shape index (κ2) is 8.38. The van der Waals surface area contributed by atoms with E-state index in [1.165, 1.54) is 36.0 Å². The van der Waals surface area contributed by atoms with E-state index in [0.29, 0.717) is 0 Å². The summed E-state index contributed by atoms with van der Waals surface area (Å²) in [6, 6.07) is 6.79. The summed E-state index contributed by atoms with van der Waals surface area (Å²) in [6.07, 6.45) is 3.85. The van der Waals surface area contributed by atoms with Crippen LogP contribution in [0.5, 0.6) is 0 Å². The van der Waals surface area contributed by atoms with Crippen molar-refractivity contribution in [2.24, 2.45) is 5.92 Å².